The summed E-state index contributed by atoms with van der Waals surface area (Å²) in [4.78, 5) is 37.0. The Kier molecular flexibility index (Phi) is 9.93. The Morgan fingerprint density at radius 2 is 1.80 bits per heavy atom. The highest BCUT2D eigenvalue weighted by Crippen LogP contribution is 2.33. The van der Waals surface area contributed by atoms with Crippen LogP contribution in [0, 0.1) is 5.92 Å². The molecular weight excluding hydrogens is 576 g/mol. The number of nitrogens with one attached hydrogen (secondary N) is 4. The molecular formula is C30H31BrN4O5. The van der Waals surface area contributed by atoms with Crippen molar-refractivity contribution in [2.75, 3.05) is 25.5 Å². The number of aryl methyl sites for hydroxylation is 1. The molecule has 0 bridgehead atoms. The number of carbonyl (C=O) groups excluding carboxylic acids is 2. The van der Waals surface area contributed by atoms with Crippen molar-refractivity contribution in [3.63, 3.8) is 0 Å². The van der Waals surface area contributed by atoms with Crippen LogP contribution in [-0.4, -0.2) is 48.2 Å². The van der Waals surface area contributed by atoms with E-state index in [-0.39, 0.29) is 12.5 Å². The second kappa shape index (κ2) is 13.8. The molecule has 0 saturated carbocycles. The molecule has 5 N–H and O–H groups in total. The fourth-order valence-electron chi connectivity index (χ4n) is 4.63. The van der Waals surface area contributed by atoms with Gasteiger partial charge in [-0.15, -0.1) is 0 Å². The Bertz CT molecular complexity index is 1470. The molecule has 5 rings (SSSR count). The predicted octanol–water partition coefficient (Wildman–Crippen LogP) is 5.37. The number of carboxylic acid groups (broad SMARTS) is 1. The third-order valence-electron chi connectivity index (χ3n) is 6.49. The quantitative estimate of drug-likeness (QED) is 0.192. The van der Waals surface area contributed by atoms with Crippen LogP contribution in [0.15, 0.2) is 77.3 Å². The molecule has 2 amide bonds. The largest absolute Gasteiger partial charge is 0.480 e. The van der Waals surface area contributed by atoms with Crippen molar-refractivity contribution in [3.8, 4) is 5.75 Å². The molecule has 0 radical (unpaired) electrons. The summed E-state index contributed by atoms with van der Waals surface area (Å²) in [6.07, 6.45) is 2.84. The van der Waals surface area contributed by atoms with E-state index in [1.165, 1.54) is 23.1 Å². The number of carboxylic acids is 1. The fraction of sp³-hybridized carbons (Fsp3) is 0.233. The fourth-order valence-corrected chi connectivity index (χ4v) is 4.89. The number of amides is 2. The van der Waals surface area contributed by atoms with E-state index in [9.17, 15) is 14.4 Å². The highest BCUT2D eigenvalue weighted by atomic mass is 79.9. The van der Waals surface area contributed by atoms with Gasteiger partial charge in [-0.25, -0.2) is 4.79 Å². The van der Waals surface area contributed by atoms with Crippen LogP contribution >= 0.6 is 15.9 Å². The van der Waals surface area contributed by atoms with Crippen LogP contribution in [0.5, 0.6) is 5.75 Å². The molecule has 0 fully saturated rings. The molecule has 1 aliphatic carbocycles. The summed E-state index contributed by atoms with van der Waals surface area (Å²) < 4.78 is 6.28. The minimum absolute atomic E-state index is 0.353. The van der Waals surface area contributed by atoms with Gasteiger partial charge in [-0.1, -0.05) is 34.1 Å². The first-order chi connectivity index (χ1) is 19.3. The van der Waals surface area contributed by atoms with Gasteiger partial charge in [0, 0.05) is 32.3 Å². The van der Waals surface area contributed by atoms with Gasteiger partial charge in [-0.3, -0.25) is 14.9 Å². The van der Waals surface area contributed by atoms with Crippen LogP contribution < -0.4 is 20.7 Å². The summed E-state index contributed by atoms with van der Waals surface area (Å²) in [7, 11) is 2.00. The van der Waals surface area contributed by atoms with Crippen molar-refractivity contribution in [3.05, 3.63) is 94.1 Å². The highest BCUT2D eigenvalue weighted by molar-refractivity contribution is 9.10. The number of aliphatic carboxylic acids is 1. The topological polar surface area (TPSA) is 133 Å². The van der Waals surface area contributed by atoms with Gasteiger partial charge in [0.15, 0.2) is 0 Å². The molecule has 1 aliphatic rings. The van der Waals surface area contributed by atoms with Crippen molar-refractivity contribution >= 4 is 50.5 Å². The number of rotatable bonds is 7. The number of aromatic amines is 1. The molecule has 4 aromatic rings. The maximum Gasteiger partial charge on any atom is 0.417 e. The molecule has 0 spiro atoms. The third kappa shape index (κ3) is 7.93. The Labute approximate surface area is 240 Å². The Morgan fingerprint density at radius 3 is 2.50 bits per heavy atom. The first-order valence-electron chi connectivity index (χ1n) is 12.9. The van der Waals surface area contributed by atoms with Crippen LogP contribution in [0.2, 0.25) is 0 Å². The first kappa shape index (κ1) is 28.8. The molecule has 1 heterocycles. The van der Waals surface area contributed by atoms with E-state index >= 15 is 0 Å². The molecule has 3 aromatic carbocycles. The number of ether oxygens (including phenoxy) is 1. The van der Waals surface area contributed by atoms with Crippen LogP contribution in [0.1, 0.15) is 28.0 Å². The molecule has 1 aromatic heterocycles. The normalized spacial score (nSPS) is 13.9. The van der Waals surface area contributed by atoms with Gasteiger partial charge in [0.25, 0.3) is 5.91 Å². The summed E-state index contributed by atoms with van der Waals surface area (Å²) in [6.45, 7) is 0.678. The number of fused-ring (bicyclic) bond motifs is 3. The van der Waals surface area contributed by atoms with Crippen LogP contribution in [0.4, 0.5) is 10.5 Å². The second-order valence-electron chi connectivity index (χ2n) is 9.42. The zero-order chi connectivity index (χ0) is 28.5. The molecule has 9 nitrogen and oxygen atoms in total. The average molecular weight is 608 g/mol. The number of anilines is 1. The van der Waals surface area contributed by atoms with Crippen molar-refractivity contribution in [2.24, 2.45) is 5.92 Å². The Morgan fingerprint density at radius 1 is 1.05 bits per heavy atom. The van der Waals surface area contributed by atoms with Gasteiger partial charge in [0.1, 0.15) is 12.3 Å². The van der Waals surface area contributed by atoms with E-state index < -0.39 is 12.1 Å². The summed E-state index contributed by atoms with van der Waals surface area (Å²) in [5, 5.41) is 17.9. The summed E-state index contributed by atoms with van der Waals surface area (Å²) >= 11 is 3.37. The SMILES string of the molecule is CNCC1CCc2[nH]c3ccc(NC(=O)Oc4ccc(Br)cc4)cc3c2C1.O=C(O)CNC(=O)c1ccccc1. The molecule has 1 atom stereocenters. The van der Waals surface area contributed by atoms with Crippen LogP contribution in [0.25, 0.3) is 10.9 Å². The van der Waals surface area contributed by atoms with Crippen molar-refractivity contribution in [1.82, 2.24) is 15.6 Å². The van der Waals surface area contributed by atoms with Gasteiger partial charge < -0.3 is 25.5 Å². The molecule has 208 valence electrons. The summed E-state index contributed by atoms with van der Waals surface area (Å²) in [5.41, 5.74) is 5.02. The maximum absolute atomic E-state index is 12.2. The summed E-state index contributed by atoms with van der Waals surface area (Å²) in [6, 6.07) is 21.6. The zero-order valence-corrected chi connectivity index (χ0v) is 23.6. The minimum atomic E-state index is -1.05. The van der Waals surface area contributed by atoms with E-state index in [1.807, 2.05) is 37.4 Å². The third-order valence-corrected chi connectivity index (χ3v) is 7.02. The minimum Gasteiger partial charge on any atom is -0.480 e. The lowest BCUT2D eigenvalue weighted by molar-refractivity contribution is -0.135. The van der Waals surface area contributed by atoms with Gasteiger partial charge in [0.05, 0.1) is 0 Å². The van der Waals surface area contributed by atoms with Crippen LogP contribution in [-0.2, 0) is 17.6 Å². The number of H-pyrrole nitrogens is 1. The van der Waals surface area contributed by atoms with E-state index in [4.69, 9.17) is 9.84 Å². The first-order valence-corrected chi connectivity index (χ1v) is 13.7. The second-order valence-corrected chi connectivity index (χ2v) is 10.3. The van der Waals surface area contributed by atoms with E-state index in [0.717, 1.165) is 35.1 Å². The van der Waals surface area contributed by atoms with Crippen molar-refractivity contribution < 1.29 is 24.2 Å². The van der Waals surface area contributed by atoms with Crippen LogP contribution in [0.3, 0.4) is 0 Å². The van der Waals surface area contributed by atoms with Gasteiger partial charge in [-0.05, 0) is 98.9 Å². The Hall–Kier alpha value is -4.15. The maximum atomic E-state index is 12.2. The lowest BCUT2D eigenvalue weighted by Gasteiger charge is -2.22. The van der Waals surface area contributed by atoms with Gasteiger partial charge >= 0.3 is 12.1 Å². The number of halogens is 1. The molecule has 10 heteroatoms. The zero-order valence-electron chi connectivity index (χ0n) is 22.0. The summed E-state index contributed by atoms with van der Waals surface area (Å²) in [5.74, 6) is -0.265. The highest BCUT2D eigenvalue weighted by Gasteiger charge is 2.22. The Balaban J connectivity index is 0.000000240. The average Bonchev–Trinajstić information content (AvgIpc) is 3.31. The molecule has 40 heavy (non-hydrogen) atoms. The molecule has 0 saturated heterocycles. The smallest absolute Gasteiger partial charge is 0.417 e. The van der Waals surface area contributed by atoms with Gasteiger partial charge in [0.2, 0.25) is 0 Å². The molecule has 1 unspecified atom stereocenters. The van der Waals surface area contributed by atoms with Crippen molar-refractivity contribution in [2.45, 2.75) is 19.3 Å². The number of hydrogen-bond donors (Lipinski definition) is 5. The van der Waals surface area contributed by atoms with E-state index in [2.05, 4.69) is 36.9 Å². The van der Waals surface area contributed by atoms with E-state index in [0.29, 0.717) is 17.2 Å². The monoisotopic (exact) mass is 606 g/mol. The number of aromatic nitrogens is 1. The predicted molar refractivity (Wildman–Crippen MR) is 158 cm³/mol. The van der Waals surface area contributed by atoms with Crippen molar-refractivity contribution in [1.29, 1.82) is 0 Å². The lowest BCUT2D eigenvalue weighted by atomic mass is 9.86. The van der Waals surface area contributed by atoms with E-state index in [1.54, 1.807) is 42.5 Å². The molecule has 0 aliphatic heterocycles. The lowest BCUT2D eigenvalue weighted by Crippen LogP contribution is -2.29. The number of carbonyl (C=O) groups is 3. The number of benzene rings is 3. The standard InChI is InChI=1S/C21H22BrN3O2.C9H9NO3/c1-23-12-13-2-8-19-17(10-13)18-11-15(5-9-20(18)25-19)24-21(26)27-16-6-3-14(22)4-7-16;11-8(12)6-10-9(13)7-4-2-1-3-5-7/h3-7,9,11,13,23,25H,2,8,10,12H2,1H3,(H,24,26);1-5H,6H2,(H,10,13)(H,11,12). The number of hydrogen-bond acceptors (Lipinski definition) is 5. The van der Waals surface area contributed by atoms with Gasteiger partial charge in [-0.2, -0.15) is 0 Å².